The van der Waals surface area contributed by atoms with Crippen molar-refractivity contribution in [2.45, 2.75) is 19.4 Å². The van der Waals surface area contributed by atoms with Crippen LogP contribution in [0.2, 0.25) is 0 Å². The van der Waals surface area contributed by atoms with E-state index in [0.29, 0.717) is 18.0 Å². The standard InChI is InChI=1S/C24H28N2O3S/c1-17-6-9-19(10-7-17)24(22-5-4-14-30-22)26-16-23(27)25-13-12-18-8-11-20(28-2)21(15-18)29-3/h4-11,14-15,24,26H,12-13,16H2,1-3H3,(H,25,27)/t24-/m0/s1. The number of rotatable bonds is 10. The van der Waals surface area contributed by atoms with Gasteiger partial charge in [0.25, 0.3) is 0 Å². The maximum absolute atomic E-state index is 12.4. The fraction of sp³-hybridized carbons (Fsp3) is 0.292. The van der Waals surface area contributed by atoms with E-state index >= 15 is 0 Å². The average molecular weight is 425 g/mol. The molecule has 0 fully saturated rings. The lowest BCUT2D eigenvalue weighted by Gasteiger charge is -2.18. The van der Waals surface area contributed by atoms with Gasteiger partial charge in [0.1, 0.15) is 0 Å². The number of ether oxygens (including phenoxy) is 2. The number of benzene rings is 2. The molecular formula is C24H28N2O3S. The summed E-state index contributed by atoms with van der Waals surface area (Å²) in [5.41, 5.74) is 3.45. The molecule has 0 bridgehead atoms. The van der Waals surface area contributed by atoms with Gasteiger partial charge in [-0.1, -0.05) is 42.0 Å². The highest BCUT2D eigenvalue weighted by molar-refractivity contribution is 7.10. The van der Waals surface area contributed by atoms with Gasteiger partial charge in [0.2, 0.25) is 5.91 Å². The molecule has 1 heterocycles. The van der Waals surface area contributed by atoms with Crippen molar-refractivity contribution in [3.8, 4) is 11.5 Å². The van der Waals surface area contributed by atoms with Gasteiger partial charge in [0.15, 0.2) is 11.5 Å². The van der Waals surface area contributed by atoms with Crippen molar-refractivity contribution in [1.82, 2.24) is 10.6 Å². The number of nitrogens with one attached hydrogen (secondary N) is 2. The maximum Gasteiger partial charge on any atom is 0.233 e. The first-order chi connectivity index (χ1) is 14.6. The summed E-state index contributed by atoms with van der Waals surface area (Å²) < 4.78 is 10.6. The predicted octanol–water partition coefficient (Wildman–Crippen LogP) is 4.11. The zero-order valence-corrected chi connectivity index (χ0v) is 18.4. The molecule has 3 rings (SSSR count). The second-order valence-electron chi connectivity index (χ2n) is 7.03. The molecule has 0 unspecified atom stereocenters. The van der Waals surface area contributed by atoms with Crippen LogP contribution in [0, 0.1) is 6.92 Å². The Balaban J connectivity index is 1.53. The minimum Gasteiger partial charge on any atom is -0.493 e. The third kappa shape index (κ3) is 5.84. The molecule has 2 aromatic carbocycles. The van der Waals surface area contributed by atoms with Gasteiger partial charge in [0.05, 0.1) is 26.8 Å². The predicted molar refractivity (Wildman–Crippen MR) is 122 cm³/mol. The Bertz CT molecular complexity index is 940. The summed E-state index contributed by atoms with van der Waals surface area (Å²) in [6, 6.07) is 18.4. The Hall–Kier alpha value is -2.83. The number of hydrogen-bond donors (Lipinski definition) is 2. The molecule has 1 aromatic heterocycles. The minimum atomic E-state index is -0.0239. The Morgan fingerprint density at radius 2 is 1.80 bits per heavy atom. The van der Waals surface area contributed by atoms with Crippen molar-refractivity contribution in [2.75, 3.05) is 27.3 Å². The van der Waals surface area contributed by atoms with E-state index < -0.39 is 0 Å². The molecule has 0 aliphatic heterocycles. The fourth-order valence-electron chi connectivity index (χ4n) is 3.24. The summed E-state index contributed by atoms with van der Waals surface area (Å²) in [5, 5.41) is 8.45. The highest BCUT2D eigenvalue weighted by Crippen LogP contribution is 2.28. The van der Waals surface area contributed by atoms with Crippen molar-refractivity contribution >= 4 is 17.2 Å². The summed E-state index contributed by atoms with van der Waals surface area (Å²) in [6.45, 7) is 2.88. The lowest BCUT2D eigenvalue weighted by Crippen LogP contribution is -2.36. The van der Waals surface area contributed by atoms with Crippen LogP contribution in [0.4, 0.5) is 0 Å². The van der Waals surface area contributed by atoms with Crippen LogP contribution in [-0.4, -0.2) is 33.2 Å². The first kappa shape index (κ1) is 21.9. The van der Waals surface area contributed by atoms with E-state index in [4.69, 9.17) is 9.47 Å². The maximum atomic E-state index is 12.4. The van der Waals surface area contributed by atoms with Crippen LogP contribution in [0.3, 0.4) is 0 Å². The minimum absolute atomic E-state index is 0.00204. The van der Waals surface area contributed by atoms with E-state index in [2.05, 4.69) is 53.3 Å². The van der Waals surface area contributed by atoms with Crippen molar-refractivity contribution in [2.24, 2.45) is 0 Å². The van der Waals surface area contributed by atoms with E-state index in [0.717, 1.165) is 17.5 Å². The second-order valence-corrected chi connectivity index (χ2v) is 8.01. The summed E-state index contributed by atoms with van der Waals surface area (Å²) in [4.78, 5) is 13.6. The average Bonchev–Trinajstić information content (AvgIpc) is 3.29. The lowest BCUT2D eigenvalue weighted by molar-refractivity contribution is -0.120. The third-order valence-electron chi connectivity index (χ3n) is 4.89. The van der Waals surface area contributed by atoms with Gasteiger partial charge in [-0.3, -0.25) is 10.1 Å². The van der Waals surface area contributed by atoms with E-state index in [1.54, 1.807) is 25.6 Å². The van der Waals surface area contributed by atoms with Crippen LogP contribution < -0.4 is 20.1 Å². The van der Waals surface area contributed by atoms with Crippen molar-refractivity contribution < 1.29 is 14.3 Å². The Morgan fingerprint density at radius 3 is 2.47 bits per heavy atom. The molecule has 1 amide bonds. The number of aryl methyl sites for hydroxylation is 1. The molecule has 0 aliphatic rings. The van der Waals surface area contributed by atoms with Gasteiger partial charge in [-0.25, -0.2) is 0 Å². The number of methoxy groups -OCH3 is 2. The molecule has 158 valence electrons. The summed E-state index contributed by atoms with van der Waals surface area (Å²) in [5.74, 6) is 1.37. The highest BCUT2D eigenvalue weighted by atomic mass is 32.1. The van der Waals surface area contributed by atoms with E-state index in [9.17, 15) is 4.79 Å². The number of hydrogen-bond acceptors (Lipinski definition) is 5. The summed E-state index contributed by atoms with van der Waals surface area (Å²) in [7, 11) is 3.23. The largest absolute Gasteiger partial charge is 0.493 e. The Labute approximate surface area is 182 Å². The van der Waals surface area contributed by atoms with Gasteiger partial charge in [0, 0.05) is 11.4 Å². The van der Waals surface area contributed by atoms with Crippen molar-refractivity contribution in [3.63, 3.8) is 0 Å². The number of thiophene rings is 1. The Kier molecular flexibility index (Phi) is 7.88. The molecule has 6 heteroatoms. The van der Waals surface area contributed by atoms with Crippen LogP contribution in [0.5, 0.6) is 11.5 Å². The van der Waals surface area contributed by atoms with Gasteiger partial charge in [-0.2, -0.15) is 0 Å². The molecule has 0 saturated heterocycles. The van der Waals surface area contributed by atoms with E-state index in [1.807, 2.05) is 24.3 Å². The zero-order chi connectivity index (χ0) is 21.3. The molecule has 0 radical (unpaired) electrons. The monoisotopic (exact) mass is 424 g/mol. The van der Waals surface area contributed by atoms with E-state index in [-0.39, 0.29) is 18.5 Å². The molecule has 30 heavy (non-hydrogen) atoms. The van der Waals surface area contributed by atoms with Gasteiger partial charge in [-0.05, 0) is 48.1 Å². The number of carbonyl (C=O) groups is 1. The van der Waals surface area contributed by atoms with Crippen LogP contribution in [0.15, 0.2) is 60.0 Å². The molecule has 5 nitrogen and oxygen atoms in total. The van der Waals surface area contributed by atoms with Gasteiger partial charge in [-0.15, -0.1) is 11.3 Å². The second kappa shape index (κ2) is 10.8. The normalized spacial score (nSPS) is 11.7. The first-order valence-electron chi connectivity index (χ1n) is 9.91. The molecule has 0 spiro atoms. The fourth-order valence-corrected chi connectivity index (χ4v) is 4.06. The molecular weight excluding hydrogens is 396 g/mol. The topological polar surface area (TPSA) is 59.6 Å². The zero-order valence-electron chi connectivity index (χ0n) is 17.6. The lowest BCUT2D eigenvalue weighted by atomic mass is 10.0. The SMILES string of the molecule is COc1ccc(CCNC(=O)CN[C@@H](c2ccc(C)cc2)c2cccs2)cc1OC. The van der Waals surface area contributed by atoms with Crippen LogP contribution in [-0.2, 0) is 11.2 Å². The van der Waals surface area contributed by atoms with Crippen LogP contribution in [0.1, 0.15) is 27.6 Å². The summed E-state index contributed by atoms with van der Waals surface area (Å²) in [6.07, 6.45) is 0.721. The van der Waals surface area contributed by atoms with Gasteiger partial charge < -0.3 is 14.8 Å². The van der Waals surface area contributed by atoms with Crippen LogP contribution in [0.25, 0.3) is 0 Å². The molecule has 0 saturated carbocycles. The first-order valence-corrected chi connectivity index (χ1v) is 10.8. The van der Waals surface area contributed by atoms with Gasteiger partial charge >= 0.3 is 0 Å². The van der Waals surface area contributed by atoms with Crippen molar-refractivity contribution in [3.05, 3.63) is 81.5 Å². The van der Waals surface area contributed by atoms with E-state index in [1.165, 1.54) is 10.4 Å². The third-order valence-corrected chi connectivity index (χ3v) is 5.83. The smallest absolute Gasteiger partial charge is 0.233 e. The molecule has 0 aliphatic carbocycles. The van der Waals surface area contributed by atoms with Crippen molar-refractivity contribution in [1.29, 1.82) is 0 Å². The van der Waals surface area contributed by atoms with Crippen LogP contribution >= 0.6 is 11.3 Å². The Morgan fingerprint density at radius 1 is 1.03 bits per heavy atom. The molecule has 3 aromatic rings. The molecule has 2 N–H and O–H groups in total. The quantitative estimate of drug-likeness (QED) is 0.514. The number of carbonyl (C=O) groups excluding carboxylic acids is 1. The number of amides is 1. The summed E-state index contributed by atoms with van der Waals surface area (Å²) >= 11 is 1.69. The molecule has 1 atom stereocenters. The highest BCUT2D eigenvalue weighted by Gasteiger charge is 2.16.